The highest BCUT2D eigenvalue weighted by Crippen LogP contribution is 2.36. The number of nitrogens with one attached hydrogen (secondary N) is 1. The molecule has 13 heteroatoms. The smallest absolute Gasteiger partial charge is 0.416 e. The molecule has 0 saturated heterocycles. The molecule has 0 spiro atoms. The minimum atomic E-state index is -4.73. The second kappa shape index (κ2) is 10.7. The Bertz CT molecular complexity index is 1450. The number of carbonyl (C=O) groups excluding carboxylic acids is 1. The van der Waals surface area contributed by atoms with E-state index < -0.39 is 34.2 Å². The lowest BCUT2D eigenvalue weighted by molar-refractivity contribution is -0.137. The van der Waals surface area contributed by atoms with Crippen LogP contribution in [0.15, 0.2) is 65.6 Å². The van der Waals surface area contributed by atoms with Crippen LogP contribution < -0.4 is 28.6 Å². The van der Waals surface area contributed by atoms with Gasteiger partial charge >= 0.3 is 6.18 Å². The normalized spacial score (nSPS) is 13.0. The van der Waals surface area contributed by atoms with Gasteiger partial charge in [0, 0.05) is 17.8 Å². The maximum absolute atomic E-state index is 13.7. The summed E-state index contributed by atoms with van der Waals surface area (Å²) in [7, 11) is -1.88. The molecule has 0 atom stereocenters. The van der Waals surface area contributed by atoms with Crippen LogP contribution in [0.3, 0.4) is 0 Å². The molecular formula is C25H23F3N2O7S. The Morgan fingerprint density at radius 3 is 2.34 bits per heavy atom. The SMILES string of the molecule is COc1ccc(S(=O)(=O)N(CC(=O)Nc2ccc3c(c2)OCCO3)c2cccc(C(F)(F)F)c2)cc1OC. The number of anilines is 2. The molecule has 0 bridgehead atoms. The van der Waals surface area contributed by atoms with Crippen LogP contribution in [0.25, 0.3) is 0 Å². The second-order valence-corrected chi connectivity index (χ2v) is 9.85. The van der Waals surface area contributed by atoms with Crippen molar-refractivity contribution in [1.82, 2.24) is 0 Å². The number of halogens is 3. The van der Waals surface area contributed by atoms with E-state index in [4.69, 9.17) is 18.9 Å². The van der Waals surface area contributed by atoms with Crippen LogP contribution in [0, 0.1) is 0 Å². The summed E-state index contributed by atoms with van der Waals surface area (Å²) in [5.74, 6) is 0.396. The molecule has 202 valence electrons. The number of rotatable bonds is 8. The van der Waals surface area contributed by atoms with Crippen molar-refractivity contribution >= 4 is 27.3 Å². The standard InChI is InChI=1S/C25H23F3N2O7S/c1-34-20-9-7-19(14-22(20)35-2)38(32,33)30(18-5-3-4-16(12-18)25(26,27)28)15-24(31)29-17-6-8-21-23(13-17)37-11-10-36-21/h3-9,12-14H,10-11,15H2,1-2H3,(H,29,31). The average molecular weight is 553 g/mol. The van der Waals surface area contributed by atoms with Crippen molar-refractivity contribution in [3.05, 3.63) is 66.2 Å². The van der Waals surface area contributed by atoms with E-state index in [1.54, 1.807) is 6.07 Å². The van der Waals surface area contributed by atoms with E-state index in [-0.39, 0.29) is 27.8 Å². The Hall–Kier alpha value is -4.13. The summed E-state index contributed by atoms with van der Waals surface area (Å²) in [6.45, 7) is -0.137. The van der Waals surface area contributed by atoms with Crippen LogP contribution >= 0.6 is 0 Å². The lowest BCUT2D eigenvalue weighted by Gasteiger charge is -2.25. The molecule has 1 N–H and O–H groups in total. The summed E-state index contributed by atoms with van der Waals surface area (Å²) < 4.78 is 89.4. The largest absolute Gasteiger partial charge is 0.493 e. The topological polar surface area (TPSA) is 103 Å². The maximum atomic E-state index is 13.7. The van der Waals surface area contributed by atoms with Crippen molar-refractivity contribution in [3.63, 3.8) is 0 Å². The van der Waals surface area contributed by atoms with E-state index in [0.717, 1.165) is 18.2 Å². The van der Waals surface area contributed by atoms with Crippen LogP contribution in [0.5, 0.6) is 23.0 Å². The monoisotopic (exact) mass is 552 g/mol. The van der Waals surface area contributed by atoms with E-state index in [0.29, 0.717) is 35.1 Å². The molecule has 1 aliphatic heterocycles. The lowest BCUT2D eigenvalue weighted by Crippen LogP contribution is -2.38. The number of nitrogens with zero attached hydrogens (tertiary/aromatic N) is 1. The first-order valence-corrected chi connectivity index (χ1v) is 12.6. The van der Waals surface area contributed by atoms with Gasteiger partial charge in [0.25, 0.3) is 10.0 Å². The van der Waals surface area contributed by atoms with Gasteiger partial charge in [-0.3, -0.25) is 9.10 Å². The Labute approximate surface area is 216 Å². The molecule has 9 nitrogen and oxygen atoms in total. The molecule has 1 amide bonds. The minimum absolute atomic E-state index is 0.0818. The van der Waals surface area contributed by atoms with E-state index in [1.807, 2.05) is 0 Å². The summed E-state index contributed by atoms with van der Waals surface area (Å²) in [5.41, 5.74) is -1.14. The molecule has 1 heterocycles. The number of hydrogen-bond acceptors (Lipinski definition) is 7. The van der Waals surface area contributed by atoms with Crippen molar-refractivity contribution in [2.24, 2.45) is 0 Å². The van der Waals surface area contributed by atoms with E-state index in [9.17, 15) is 26.4 Å². The molecule has 38 heavy (non-hydrogen) atoms. The Kier molecular flexibility index (Phi) is 7.58. The van der Waals surface area contributed by atoms with Gasteiger partial charge < -0.3 is 24.3 Å². The lowest BCUT2D eigenvalue weighted by atomic mass is 10.2. The van der Waals surface area contributed by atoms with Gasteiger partial charge in [-0.25, -0.2) is 8.42 Å². The second-order valence-electron chi connectivity index (χ2n) is 7.98. The fraction of sp³-hybridized carbons (Fsp3) is 0.240. The Balaban J connectivity index is 1.70. The summed E-state index contributed by atoms with van der Waals surface area (Å²) in [5, 5.41) is 2.55. The quantitative estimate of drug-likeness (QED) is 0.444. The molecule has 0 aliphatic carbocycles. The van der Waals surface area contributed by atoms with Crippen molar-refractivity contribution < 1.29 is 45.3 Å². The van der Waals surface area contributed by atoms with Gasteiger partial charge in [-0.2, -0.15) is 13.2 Å². The number of benzene rings is 3. The highest BCUT2D eigenvalue weighted by molar-refractivity contribution is 7.92. The van der Waals surface area contributed by atoms with Crippen molar-refractivity contribution in [2.45, 2.75) is 11.1 Å². The fourth-order valence-electron chi connectivity index (χ4n) is 3.71. The van der Waals surface area contributed by atoms with E-state index in [2.05, 4.69) is 5.32 Å². The molecule has 1 aliphatic rings. The van der Waals surface area contributed by atoms with Gasteiger partial charge in [0.15, 0.2) is 23.0 Å². The molecule has 0 unspecified atom stereocenters. The molecule has 0 saturated carbocycles. The number of hydrogen-bond donors (Lipinski definition) is 1. The van der Waals surface area contributed by atoms with Gasteiger partial charge in [0.2, 0.25) is 5.91 Å². The van der Waals surface area contributed by atoms with Crippen LogP contribution in [0.2, 0.25) is 0 Å². The van der Waals surface area contributed by atoms with Gasteiger partial charge in [-0.1, -0.05) is 6.07 Å². The predicted molar refractivity (Wildman–Crippen MR) is 132 cm³/mol. The van der Waals surface area contributed by atoms with Gasteiger partial charge in [-0.15, -0.1) is 0 Å². The first kappa shape index (κ1) is 26.9. The maximum Gasteiger partial charge on any atom is 0.416 e. The average Bonchev–Trinajstić information content (AvgIpc) is 2.90. The van der Waals surface area contributed by atoms with Gasteiger partial charge in [0.1, 0.15) is 19.8 Å². The third kappa shape index (κ3) is 5.72. The van der Waals surface area contributed by atoms with Crippen LogP contribution in [0.4, 0.5) is 24.5 Å². The number of fused-ring (bicyclic) bond motifs is 1. The Morgan fingerprint density at radius 1 is 0.947 bits per heavy atom. The van der Waals surface area contributed by atoms with Crippen LogP contribution in [0.1, 0.15) is 5.56 Å². The third-order valence-corrected chi connectivity index (χ3v) is 7.29. The van der Waals surface area contributed by atoms with Crippen molar-refractivity contribution in [2.75, 3.05) is 43.6 Å². The predicted octanol–water partition coefficient (Wildman–Crippen LogP) is 4.33. The van der Waals surface area contributed by atoms with Gasteiger partial charge in [0.05, 0.1) is 30.4 Å². The number of carbonyl (C=O) groups is 1. The zero-order chi connectivity index (χ0) is 27.5. The van der Waals surface area contributed by atoms with E-state index in [1.165, 1.54) is 44.6 Å². The number of methoxy groups -OCH3 is 2. The number of alkyl halides is 3. The summed E-state index contributed by atoms with van der Waals surface area (Å²) in [6, 6.07) is 12.0. The van der Waals surface area contributed by atoms with Gasteiger partial charge in [-0.05, 0) is 42.5 Å². The first-order chi connectivity index (χ1) is 18.0. The third-order valence-electron chi connectivity index (χ3n) is 5.52. The molecule has 3 aromatic carbocycles. The summed E-state index contributed by atoms with van der Waals surface area (Å²) in [4.78, 5) is 12.7. The molecule has 0 fully saturated rings. The zero-order valence-electron chi connectivity index (χ0n) is 20.2. The molecular weight excluding hydrogens is 529 g/mol. The molecule has 4 rings (SSSR count). The van der Waals surface area contributed by atoms with Crippen molar-refractivity contribution in [3.8, 4) is 23.0 Å². The number of ether oxygens (including phenoxy) is 4. The Morgan fingerprint density at radius 2 is 1.66 bits per heavy atom. The highest BCUT2D eigenvalue weighted by atomic mass is 32.2. The first-order valence-electron chi connectivity index (χ1n) is 11.1. The summed E-state index contributed by atoms with van der Waals surface area (Å²) >= 11 is 0. The van der Waals surface area contributed by atoms with E-state index >= 15 is 0 Å². The minimum Gasteiger partial charge on any atom is -0.493 e. The number of sulfonamides is 1. The van der Waals surface area contributed by atoms with Crippen molar-refractivity contribution in [1.29, 1.82) is 0 Å². The molecule has 3 aromatic rings. The summed E-state index contributed by atoms with van der Waals surface area (Å²) in [6.07, 6.45) is -4.73. The van der Waals surface area contributed by atoms with Crippen LogP contribution in [-0.4, -0.2) is 48.3 Å². The van der Waals surface area contributed by atoms with Crippen LogP contribution in [-0.2, 0) is 21.0 Å². The fourth-order valence-corrected chi connectivity index (χ4v) is 5.14. The molecule has 0 radical (unpaired) electrons. The zero-order valence-corrected chi connectivity index (χ0v) is 21.1. The molecule has 0 aromatic heterocycles. The highest BCUT2D eigenvalue weighted by Gasteiger charge is 2.33. The number of amides is 1.